The Kier molecular flexibility index (Phi) is 5.92. The van der Waals surface area contributed by atoms with Crippen LogP contribution in [0.5, 0.6) is 5.75 Å². The molecule has 122 valence electrons. The van der Waals surface area contributed by atoms with E-state index in [1.807, 2.05) is 0 Å². The van der Waals surface area contributed by atoms with E-state index in [2.05, 4.69) is 0 Å². The fraction of sp³-hybridized carbons (Fsp3) is 0.556. The van der Waals surface area contributed by atoms with Crippen LogP contribution in [0.15, 0.2) is 24.0 Å². The summed E-state index contributed by atoms with van der Waals surface area (Å²) in [6.07, 6.45) is 5.23. The van der Waals surface area contributed by atoms with Gasteiger partial charge in [0.15, 0.2) is 11.6 Å². The van der Waals surface area contributed by atoms with Gasteiger partial charge < -0.3 is 4.74 Å². The minimum absolute atomic E-state index is 0.000450. The van der Waals surface area contributed by atoms with Gasteiger partial charge in [0.1, 0.15) is 0 Å². The summed E-state index contributed by atoms with van der Waals surface area (Å²) >= 11 is 0. The van der Waals surface area contributed by atoms with Gasteiger partial charge in [0, 0.05) is 0 Å². The second kappa shape index (κ2) is 7.70. The molecule has 0 N–H and O–H groups in total. The molecule has 22 heavy (non-hydrogen) atoms. The predicted octanol–water partition coefficient (Wildman–Crippen LogP) is 5.90. The van der Waals surface area contributed by atoms with Crippen LogP contribution in [-0.2, 0) is 0 Å². The highest BCUT2D eigenvalue weighted by Crippen LogP contribution is 2.39. The van der Waals surface area contributed by atoms with Crippen molar-refractivity contribution >= 4 is 0 Å². The van der Waals surface area contributed by atoms with Gasteiger partial charge in [-0.25, -0.2) is 8.78 Å². The van der Waals surface area contributed by atoms with E-state index < -0.39 is 11.6 Å². The van der Waals surface area contributed by atoms with Gasteiger partial charge in [0.2, 0.25) is 5.82 Å². The molecule has 1 nitrogen and oxygen atoms in total. The Morgan fingerprint density at radius 2 is 1.82 bits per heavy atom. The SMILES string of the molecule is CCOc1ccc(C2CCC(/C=C(\F)CC)CC2)c(F)c1F. The fourth-order valence-electron chi connectivity index (χ4n) is 3.10. The number of halogens is 3. The highest BCUT2D eigenvalue weighted by molar-refractivity contribution is 5.33. The summed E-state index contributed by atoms with van der Waals surface area (Å²) in [6.45, 7) is 3.82. The van der Waals surface area contributed by atoms with Gasteiger partial charge in [0.25, 0.3) is 0 Å². The molecular formula is C18H23F3O. The Morgan fingerprint density at radius 1 is 1.14 bits per heavy atom. The normalized spacial score (nSPS) is 22.7. The van der Waals surface area contributed by atoms with Crippen LogP contribution >= 0.6 is 0 Å². The average Bonchev–Trinajstić information content (AvgIpc) is 2.53. The Bertz CT molecular complexity index is 531. The van der Waals surface area contributed by atoms with E-state index >= 15 is 0 Å². The third-order valence-electron chi connectivity index (χ3n) is 4.34. The zero-order chi connectivity index (χ0) is 16.1. The molecule has 1 aromatic carbocycles. The van der Waals surface area contributed by atoms with Crippen LogP contribution in [0.1, 0.15) is 57.4 Å². The Balaban J connectivity index is 2.07. The van der Waals surface area contributed by atoms with Crippen molar-refractivity contribution in [3.05, 3.63) is 41.2 Å². The number of hydrogen-bond donors (Lipinski definition) is 0. The zero-order valence-corrected chi connectivity index (χ0v) is 13.2. The molecule has 0 amide bonds. The minimum atomic E-state index is -0.904. The summed E-state index contributed by atoms with van der Waals surface area (Å²) < 4.78 is 46.5. The Labute approximate surface area is 130 Å². The van der Waals surface area contributed by atoms with Gasteiger partial charge in [-0.05, 0) is 68.6 Å². The van der Waals surface area contributed by atoms with Gasteiger partial charge in [-0.15, -0.1) is 0 Å². The van der Waals surface area contributed by atoms with Crippen LogP contribution in [0.25, 0.3) is 0 Å². The van der Waals surface area contributed by atoms with Crippen LogP contribution in [0.4, 0.5) is 13.2 Å². The summed E-state index contributed by atoms with van der Waals surface area (Å²) in [5.74, 6) is -1.61. The van der Waals surface area contributed by atoms with E-state index in [4.69, 9.17) is 4.74 Å². The van der Waals surface area contributed by atoms with Crippen molar-refractivity contribution in [3.63, 3.8) is 0 Å². The highest BCUT2D eigenvalue weighted by Gasteiger charge is 2.26. The standard InChI is InChI=1S/C18H23F3O/c1-3-14(19)11-12-5-7-13(8-6-12)15-9-10-16(22-4-2)18(21)17(15)20/h9-13H,3-8H2,1-2H3/b14-11-. The van der Waals surface area contributed by atoms with Gasteiger partial charge >= 0.3 is 0 Å². The molecule has 1 aliphatic carbocycles. The first-order valence-corrected chi connectivity index (χ1v) is 8.03. The van der Waals surface area contributed by atoms with Crippen molar-refractivity contribution in [2.75, 3.05) is 6.61 Å². The van der Waals surface area contributed by atoms with Gasteiger partial charge in [0.05, 0.1) is 12.4 Å². The first-order chi connectivity index (χ1) is 10.6. The third-order valence-corrected chi connectivity index (χ3v) is 4.34. The summed E-state index contributed by atoms with van der Waals surface area (Å²) in [5, 5.41) is 0. The molecule has 0 heterocycles. The van der Waals surface area contributed by atoms with E-state index in [0.717, 1.165) is 25.7 Å². The molecule has 1 fully saturated rings. The molecule has 1 saturated carbocycles. The predicted molar refractivity (Wildman–Crippen MR) is 81.7 cm³/mol. The molecule has 4 heteroatoms. The fourth-order valence-corrected chi connectivity index (χ4v) is 3.10. The molecule has 0 saturated heterocycles. The van der Waals surface area contributed by atoms with Crippen LogP contribution in [0.3, 0.4) is 0 Å². The monoisotopic (exact) mass is 312 g/mol. The summed E-state index contributed by atoms with van der Waals surface area (Å²) in [5.41, 5.74) is 0.416. The van der Waals surface area contributed by atoms with Crippen molar-refractivity contribution in [1.82, 2.24) is 0 Å². The van der Waals surface area contributed by atoms with Crippen molar-refractivity contribution in [2.24, 2.45) is 5.92 Å². The molecule has 0 bridgehead atoms. The lowest BCUT2D eigenvalue weighted by Crippen LogP contribution is -2.14. The molecular weight excluding hydrogens is 289 g/mol. The van der Waals surface area contributed by atoms with E-state index in [1.54, 1.807) is 26.0 Å². The summed E-state index contributed by atoms with van der Waals surface area (Å²) in [7, 11) is 0. The summed E-state index contributed by atoms with van der Waals surface area (Å²) in [6, 6.07) is 3.12. The van der Waals surface area contributed by atoms with Crippen LogP contribution in [0.2, 0.25) is 0 Å². The van der Waals surface area contributed by atoms with Crippen molar-refractivity contribution in [1.29, 1.82) is 0 Å². The van der Waals surface area contributed by atoms with Crippen molar-refractivity contribution in [2.45, 2.75) is 51.9 Å². The van der Waals surface area contributed by atoms with Gasteiger partial charge in [-0.1, -0.05) is 13.0 Å². The number of allylic oxidation sites excluding steroid dienone is 2. The molecule has 0 unspecified atom stereocenters. The topological polar surface area (TPSA) is 9.23 Å². The summed E-state index contributed by atoms with van der Waals surface area (Å²) in [4.78, 5) is 0. The number of hydrogen-bond acceptors (Lipinski definition) is 1. The second-order valence-corrected chi connectivity index (χ2v) is 5.79. The first kappa shape index (κ1) is 16.9. The number of ether oxygens (including phenoxy) is 1. The zero-order valence-electron chi connectivity index (χ0n) is 13.2. The molecule has 1 aliphatic rings. The molecule has 0 radical (unpaired) electrons. The first-order valence-electron chi connectivity index (χ1n) is 8.03. The molecule has 0 aliphatic heterocycles. The lowest BCUT2D eigenvalue weighted by atomic mass is 9.78. The highest BCUT2D eigenvalue weighted by atomic mass is 19.2. The number of rotatable bonds is 5. The van der Waals surface area contributed by atoms with E-state index in [9.17, 15) is 13.2 Å². The number of benzene rings is 1. The maximum Gasteiger partial charge on any atom is 0.200 e. The van der Waals surface area contributed by atoms with Crippen LogP contribution in [0, 0.1) is 17.6 Å². The van der Waals surface area contributed by atoms with Gasteiger partial charge in [-0.2, -0.15) is 4.39 Å². The minimum Gasteiger partial charge on any atom is -0.491 e. The second-order valence-electron chi connectivity index (χ2n) is 5.79. The lowest BCUT2D eigenvalue weighted by molar-refractivity contribution is 0.309. The Hall–Kier alpha value is -1.45. The maximum absolute atomic E-state index is 14.2. The maximum atomic E-state index is 14.2. The Morgan fingerprint density at radius 3 is 2.41 bits per heavy atom. The van der Waals surface area contributed by atoms with E-state index in [1.165, 1.54) is 6.07 Å². The van der Waals surface area contributed by atoms with Crippen molar-refractivity contribution < 1.29 is 17.9 Å². The largest absolute Gasteiger partial charge is 0.491 e. The quantitative estimate of drug-likeness (QED) is 0.657. The van der Waals surface area contributed by atoms with Crippen LogP contribution < -0.4 is 4.74 Å². The molecule has 1 aromatic rings. The molecule has 0 aromatic heterocycles. The van der Waals surface area contributed by atoms with E-state index in [0.29, 0.717) is 18.6 Å². The smallest absolute Gasteiger partial charge is 0.200 e. The van der Waals surface area contributed by atoms with Crippen molar-refractivity contribution in [3.8, 4) is 5.75 Å². The average molecular weight is 312 g/mol. The van der Waals surface area contributed by atoms with Crippen LogP contribution in [-0.4, -0.2) is 6.61 Å². The molecule has 0 spiro atoms. The third kappa shape index (κ3) is 3.84. The van der Waals surface area contributed by atoms with E-state index in [-0.39, 0.29) is 23.4 Å². The lowest BCUT2D eigenvalue weighted by Gasteiger charge is -2.27. The molecule has 0 atom stereocenters. The molecule has 2 rings (SSSR count). The van der Waals surface area contributed by atoms with Gasteiger partial charge in [-0.3, -0.25) is 0 Å².